The Bertz CT molecular complexity index is 645. The molecular formula is C17H24N2O2S. The lowest BCUT2D eigenvalue weighted by Gasteiger charge is -2.27. The van der Waals surface area contributed by atoms with Crippen LogP contribution in [0.5, 0.6) is 0 Å². The fourth-order valence-corrected chi connectivity index (χ4v) is 4.11. The van der Waals surface area contributed by atoms with Crippen LogP contribution in [0.25, 0.3) is 0 Å². The Labute approximate surface area is 135 Å². The first-order valence-electron chi connectivity index (χ1n) is 8.00. The maximum Gasteiger partial charge on any atom is 0.136 e. The smallest absolute Gasteiger partial charge is 0.136 e. The van der Waals surface area contributed by atoms with E-state index in [1.54, 1.807) is 6.92 Å². The summed E-state index contributed by atoms with van der Waals surface area (Å²) in [6.07, 6.45) is 4.33. The summed E-state index contributed by atoms with van der Waals surface area (Å²) in [5.74, 6) is 1.44. The van der Waals surface area contributed by atoms with E-state index < -0.39 is 5.60 Å². The van der Waals surface area contributed by atoms with Crippen LogP contribution < -0.4 is 5.32 Å². The van der Waals surface area contributed by atoms with Crippen LogP contribution in [0.3, 0.4) is 0 Å². The lowest BCUT2D eigenvalue weighted by Crippen LogP contribution is -2.37. The summed E-state index contributed by atoms with van der Waals surface area (Å²) in [4.78, 5) is 6.08. The third kappa shape index (κ3) is 3.12. The SMILES string of the molecule is CCc1nc2c(s1)C(NCC(C)(O)c1ccc(C)o1)CCC2. The molecule has 0 amide bonds. The van der Waals surface area contributed by atoms with Crippen molar-refractivity contribution < 1.29 is 9.52 Å². The molecule has 2 atom stereocenters. The van der Waals surface area contributed by atoms with E-state index in [0.717, 1.165) is 31.4 Å². The molecule has 0 aliphatic heterocycles. The van der Waals surface area contributed by atoms with Gasteiger partial charge < -0.3 is 14.8 Å². The zero-order valence-electron chi connectivity index (χ0n) is 13.5. The first-order chi connectivity index (χ1) is 10.5. The van der Waals surface area contributed by atoms with Gasteiger partial charge in [0.05, 0.1) is 10.7 Å². The van der Waals surface area contributed by atoms with Crippen LogP contribution in [-0.2, 0) is 18.4 Å². The van der Waals surface area contributed by atoms with Crippen LogP contribution in [0.2, 0.25) is 0 Å². The summed E-state index contributed by atoms with van der Waals surface area (Å²) < 4.78 is 5.58. The molecule has 0 fully saturated rings. The van der Waals surface area contributed by atoms with E-state index in [2.05, 4.69) is 12.2 Å². The minimum Gasteiger partial charge on any atom is -0.463 e. The van der Waals surface area contributed by atoms with Gasteiger partial charge in [0, 0.05) is 17.5 Å². The van der Waals surface area contributed by atoms with E-state index in [9.17, 15) is 5.11 Å². The van der Waals surface area contributed by atoms with Crippen molar-refractivity contribution >= 4 is 11.3 Å². The van der Waals surface area contributed by atoms with E-state index >= 15 is 0 Å². The van der Waals surface area contributed by atoms with Gasteiger partial charge in [-0.05, 0) is 51.7 Å². The number of rotatable bonds is 5. The highest BCUT2D eigenvalue weighted by atomic mass is 32.1. The van der Waals surface area contributed by atoms with Gasteiger partial charge >= 0.3 is 0 Å². The molecule has 0 spiro atoms. The number of hydrogen-bond acceptors (Lipinski definition) is 5. The number of aromatic nitrogens is 1. The summed E-state index contributed by atoms with van der Waals surface area (Å²) in [6.45, 7) is 6.32. The van der Waals surface area contributed by atoms with Gasteiger partial charge in [0.15, 0.2) is 0 Å². The highest BCUT2D eigenvalue weighted by molar-refractivity contribution is 7.11. The Morgan fingerprint density at radius 1 is 1.50 bits per heavy atom. The summed E-state index contributed by atoms with van der Waals surface area (Å²) in [6, 6.07) is 4.04. The maximum atomic E-state index is 10.7. The van der Waals surface area contributed by atoms with E-state index in [1.807, 2.05) is 30.4 Å². The van der Waals surface area contributed by atoms with Gasteiger partial charge in [-0.2, -0.15) is 0 Å². The molecule has 3 rings (SSSR count). The average Bonchev–Trinajstić information content (AvgIpc) is 3.11. The topological polar surface area (TPSA) is 58.3 Å². The molecule has 5 heteroatoms. The Hall–Kier alpha value is -1.17. The Morgan fingerprint density at radius 3 is 3.00 bits per heavy atom. The second-order valence-electron chi connectivity index (χ2n) is 6.28. The molecule has 0 bridgehead atoms. The normalized spacial score (nSPS) is 20.6. The molecule has 1 aliphatic rings. The number of aryl methyl sites for hydroxylation is 3. The average molecular weight is 320 g/mol. The molecular weight excluding hydrogens is 296 g/mol. The molecule has 4 nitrogen and oxygen atoms in total. The summed E-state index contributed by atoms with van der Waals surface area (Å²) in [5, 5.41) is 15.4. The van der Waals surface area contributed by atoms with Gasteiger partial charge in [-0.1, -0.05) is 6.92 Å². The van der Waals surface area contributed by atoms with Crippen LogP contribution in [0.15, 0.2) is 16.5 Å². The van der Waals surface area contributed by atoms with Gasteiger partial charge in [-0.25, -0.2) is 4.98 Å². The fourth-order valence-electron chi connectivity index (χ4n) is 2.95. The van der Waals surface area contributed by atoms with Crippen molar-refractivity contribution in [2.24, 2.45) is 0 Å². The number of aliphatic hydroxyl groups is 1. The standard InChI is InChI=1S/C17H24N2O2S/c1-4-15-19-13-7-5-6-12(16(13)22-15)18-10-17(3,20)14-9-8-11(2)21-14/h8-9,12,18,20H,4-7,10H2,1-3H3. The predicted octanol–water partition coefficient (Wildman–Crippen LogP) is 3.48. The molecule has 0 saturated heterocycles. The van der Waals surface area contributed by atoms with Crippen molar-refractivity contribution in [2.75, 3.05) is 6.54 Å². The highest BCUT2D eigenvalue weighted by Gasteiger charge is 2.30. The molecule has 0 radical (unpaired) electrons. The number of furan rings is 1. The van der Waals surface area contributed by atoms with Crippen LogP contribution in [0.1, 0.15) is 59.8 Å². The summed E-state index contributed by atoms with van der Waals surface area (Å²) >= 11 is 1.82. The van der Waals surface area contributed by atoms with Crippen molar-refractivity contribution in [1.29, 1.82) is 0 Å². The molecule has 0 saturated carbocycles. The number of fused-ring (bicyclic) bond motifs is 1. The van der Waals surface area contributed by atoms with E-state index in [4.69, 9.17) is 9.40 Å². The van der Waals surface area contributed by atoms with Gasteiger partial charge in [0.2, 0.25) is 0 Å². The predicted molar refractivity (Wildman–Crippen MR) is 88.2 cm³/mol. The lowest BCUT2D eigenvalue weighted by molar-refractivity contribution is 0.0303. The van der Waals surface area contributed by atoms with E-state index in [-0.39, 0.29) is 0 Å². The number of hydrogen-bond donors (Lipinski definition) is 2. The van der Waals surface area contributed by atoms with Gasteiger partial charge in [-0.3, -0.25) is 0 Å². The Kier molecular flexibility index (Phi) is 4.39. The minimum absolute atomic E-state index is 0.295. The largest absolute Gasteiger partial charge is 0.463 e. The molecule has 2 unspecified atom stereocenters. The minimum atomic E-state index is -0.996. The number of thiazole rings is 1. The van der Waals surface area contributed by atoms with Crippen molar-refractivity contribution in [3.63, 3.8) is 0 Å². The molecule has 22 heavy (non-hydrogen) atoms. The van der Waals surface area contributed by atoms with Gasteiger partial charge in [0.1, 0.15) is 17.1 Å². The zero-order valence-corrected chi connectivity index (χ0v) is 14.3. The van der Waals surface area contributed by atoms with Crippen LogP contribution in [0, 0.1) is 6.92 Å². The van der Waals surface area contributed by atoms with Gasteiger partial charge in [0.25, 0.3) is 0 Å². The molecule has 2 heterocycles. The molecule has 2 aromatic rings. The van der Waals surface area contributed by atoms with E-state index in [0.29, 0.717) is 18.3 Å². The highest BCUT2D eigenvalue weighted by Crippen LogP contribution is 2.35. The number of nitrogens with zero attached hydrogens (tertiary/aromatic N) is 1. The first kappa shape index (κ1) is 15.7. The fraction of sp³-hybridized carbons (Fsp3) is 0.588. The second-order valence-corrected chi connectivity index (χ2v) is 7.40. The molecule has 2 N–H and O–H groups in total. The molecule has 120 valence electrons. The quantitative estimate of drug-likeness (QED) is 0.885. The first-order valence-corrected chi connectivity index (χ1v) is 8.82. The van der Waals surface area contributed by atoms with Crippen molar-refractivity contribution in [3.05, 3.63) is 39.2 Å². The van der Waals surface area contributed by atoms with Crippen molar-refractivity contribution in [2.45, 2.75) is 58.1 Å². The third-order valence-corrected chi connectivity index (χ3v) is 5.62. The van der Waals surface area contributed by atoms with Crippen molar-refractivity contribution in [1.82, 2.24) is 10.3 Å². The maximum absolute atomic E-state index is 10.7. The lowest BCUT2D eigenvalue weighted by atomic mass is 9.96. The van der Waals surface area contributed by atoms with Crippen molar-refractivity contribution in [3.8, 4) is 0 Å². The third-order valence-electron chi connectivity index (χ3n) is 4.26. The molecule has 2 aromatic heterocycles. The molecule has 1 aliphatic carbocycles. The Balaban J connectivity index is 1.71. The van der Waals surface area contributed by atoms with Crippen LogP contribution in [-0.4, -0.2) is 16.6 Å². The summed E-state index contributed by atoms with van der Waals surface area (Å²) in [5.41, 5.74) is 0.253. The van der Waals surface area contributed by atoms with Gasteiger partial charge in [-0.15, -0.1) is 11.3 Å². The monoisotopic (exact) mass is 320 g/mol. The number of nitrogens with one attached hydrogen (secondary N) is 1. The molecule has 0 aromatic carbocycles. The Morgan fingerprint density at radius 2 is 2.32 bits per heavy atom. The van der Waals surface area contributed by atoms with Crippen LogP contribution >= 0.6 is 11.3 Å². The van der Waals surface area contributed by atoms with E-state index in [1.165, 1.54) is 15.6 Å². The second kappa shape index (κ2) is 6.14. The zero-order chi connectivity index (χ0) is 15.7. The van der Waals surface area contributed by atoms with Crippen LogP contribution in [0.4, 0.5) is 0 Å². The summed E-state index contributed by atoms with van der Waals surface area (Å²) in [7, 11) is 0.